The standard InChI is InChI=1S/C15H22Br2N2O.ClH/c1-15(2,10-20)14(19-7-5-18-6-8-19)11-3-4-12(16)13(17)9-11;/h3-4,9,14,18,20H,5-8,10H2,1-2H3;1H/t14-;/m1./s1. The van der Waals surface area contributed by atoms with Crippen LogP contribution in [0.1, 0.15) is 25.5 Å². The molecule has 1 heterocycles. The third-order valence-electron chi connectivity index (χ3n) is 3.92. The van der Waals surface area contributed by atoms with Crippen LogP contribution >= 0.6 is 44.3 Å². The maximum atomic E-state index is 9.82. The van der Waals surface area contributed by atoms with Gasteiger partial charge in [0.15, 0.2) is 0 Å². The van der Waals surface area contributed by atoms with E-state index in [-0.39, 0.29) is 30.5 Å². The van der Waals surface area contributed by atoms with E-state index in [0.717, 1.165) is 35.1 Å². The minimum absolute atomic E-state index is 0. The Balaban J connectivity index is 0.00000220. The van der Waals surface area contributed by atoms with Gasteiger partial charge in [-0.1, -0.05) is 19.9 Å². The van der Waals surface area contributed by atoms with Crippen molar-refractivity contribution < 1.29 is 5.11 Å². The van der Waals surface area contributed by atoms with Crippen LogP contribution in [0, 0.1) is 5.41 Å². The summed E-state index contributed by atoms with van der Waals surface area (Å²) in [4.78, 5) is 2.47. The van der Waals surface area contributed by atoms with Gasteiger partial charge in [0.25, 0.3) is 0 Å². The molecule has 1 fully saturated rings. The van der Waals surface area contributed by atoms with E-state index in [9.17, 15) is 5.11 Å². The van der Waals surface area contributed by atoms with Crippen LogP contribution in [0.2, 0.25) is 0 Å². The molecule has 2 N–H and O–H groups in total. The predicted octanol–water partition coefficient (Wildman–Crippen LogP) is 3.60. The fourth-order valence-corrected chi connectivity index (χ4v) is 3.51. The number of hydrogen-bond donors (Lipinski definition) is 2. The van der Waals surface area contributed by atoms with E-state index in [1.807, 2.05) is 0 Å². The van der Waals surface area contributed by atoms with E-state index < -0.39 is 0 Å². The average Bonchev–Trinajstić information content (AvgIpc) is 2.44. The highest BCUT2D eigenvalue weighted by Crippen LogP contribution is 2.40. The van der Waals surface area contributed by atoms with Crippen LogP contribution in [0.4, 0.5) is 0 Å². The van der Waals surface area contributed by atoms with E-state index in [1.54, 1.807) is 0 Å². The SMILES string of the molecule is CC(C)(CO)[C@@H](c1ccc(Br)c(Br)c1)N1CCNCC1.Cl. The Hall–Kier alpha value is 0.350. The zero-order valence-electron chi connectivity index (χ0n) is 12.4. The first-order valence-corrected chi connectivity index (χ1v) is 8.55. The van der Waals surface area contributed by atoms with Gasteiger partial charge in [-0.2, -0.15) is 0 Å². The highest BCUT2D eigenvalue weighted by Gasteiger charge is 2.35. The molecular formula is C15H23Br2ClN2O. The summed E-state index contributed by atoms with van der Waals surface area (Å²) in [6.07, 6.45) is 0. The molecule has 0 spiro atoms. The summed E-state index contributed by atoms with van der Waals surface area (Å²) >= 11 is 7.11. The molecule has 1 atom stereocenters. The molecule has 2 rings (SSSR count). The van der Waals surface area contributed by atoms with Crippen molar-refractivity contribution in [3.8, 4) is 0 Å². The van der Waals surface area contributed by atoms with Gasteiger partial charge in [0.1, 0.15) is 0 Å². The molecule has 1 aromatic rings. The zero-order chi connectivity index (χ0) is 14.8. The van der Waals surface area contributed by atoms with Crippen LogP contribution in [0.5, 0.6) is 0 Å². The fraction of sp³-hybridized carbons (Fsp3) is 0.600. The third-order valence-corrected chi connectivity index (χ3v) is 5.80. The molecule has 6 heteroatoms. The number of nitrogens with zero attached hydrogens (tertiary/aromatic N) is 1. The Kier molecular flexibility index (Phi) is 7.64. The summed E-state index contributed by atoms with van der Waals surface area (Å²) in [5.74, 6) is 0. The Morgan fingerprint density at radius 3 is 2.38 bits per heavy atom. The molecule has 120 valence electrons. The first-order chi connectivity index (χ1) is 9.45. The van der Waals surface area contributed by atoms with Gasteiger partial charge in [-0.05, 0) is 49.6 Å². The molecule has 21 heavy (non-hydrogen) atoms. The minimum Gasteiger partial charge on any atom is -0.396 e. The highest BCUT2D eigenvalue weighted by atomic mass is 79.9. The first-order valence-electron chi connectivity index (χ1n) is 6.96. The zero-order valence-corrected chi connectivity index (χ0v) is 16.4. The molecule has 0 amide bonds. The Morgan fingerprint density at radius 1 is 1.24 bits per heavy atom. The molecule has 0 unspecified atom stereocenters. The predicted molar refractivity (Wildman–Crippen MR) is 97.1 cm³/mol. The molecule has 3 nitrogen and oxygen atoms in total. The second-order valence-corrected chi connectivity index (χ2v) is 7.72. The molecule has 0 aromatic heterocycles. The summed E-state index contributed by atoms with van der Waals surface area (Å²) in [7, 11) is 0. The number of aliphatic hydroxyl groups excluding tert-OH is 1. The number of benzene rings is 1. The quantitative estimate of drug-likeness (QED) is 0.748. The van der Waals surface area contributed by atoms with Crippen molar-refractivity contribution in [3.05, 3.63) is 32.7 Å². The van der Waals surface area contributed by atoms with Gasteiger partial charge in [-0.25, -0.2) is 0 Å². The van der Waals surface area contributed by atoms with Gasteiger partial charge in [-0.15, -0.1) is 12.4 Å². The normalized spacial score (nSPS) is 18.1. The van der Waals surface area contributed by atoms with E-state index >= 15 is 0 Å². The lowest BCUT2D eigenvalue weighted by Gasteiger charge is -2.43. The molecular weight excluding hydrogens is 419 g/mol. The lowest BCUT2D eigenvalue weighted by Crippen LogP contribution is -2.49. The number of aliphatic hydroxyl groups is 1. The Bertz CT molecular complexity index is 465. The third kappa shape index (κ3) is 4.66. The highest BCUT2D eigenvalue weighted by molar-refractivity contribution is 9.13. The summed E-state index contributed by atoms with van der Waals surface area (Å²) in [5, 5.41) is 13.2. The number of nitrogens with one attached hydrogen (secondary N) is 1. The molecule has 0 bridgehead atoms. The first kappa shape index (κ1) is 19.4. The van der Waals surface area contributed by atoms with Crippen LogP contribution in [0.3, 0.4) is 0 Å². The van der Waals surface area contributed by atoms with Gasteiger partial charge in [0.2, 0.25) is 0 Å². The summed E-state index contributed by atoms with van der Waals surface area (Å²) < 4.78 is 2.12. The monoisotopic (exact) mass is 440 g/mol. The van der Waals surface area contributed by atoms with Crippen LogP contribution in [0.25, 0.3) is 0 Å². The van der Waals surface area contributed by atoms with Crippen LogP contribution in [-0.2, 0) is 0 Å². The number of piperazine rings is 1. The molecule has 1 saturated heterocycles. The van der Waals surface area contributed by atoms with Gasteiger partial charge < -0.3 is 10.4 Å². The largest absolute Gasteiger partial charge is 0.396 e. The number of hydrogen-bond acceptors (Lipinski definition) is 3. The van der Waals surface area contributed by atoms with Crippen molar-refractivity contribution >= 4 is 44.3 Å². The number of halogens is 3. The Labute approximate surface area is 150 Å². The Morgan fingerprint density at radius 2 is 1.86 bits per heavy atom. The van der Waals surface area contributed by atoms with Crippen LogP contribution in [0.15, 0.2) is 27.1 Å². The van der Waals surface area contributed by atoms with E-state index in [1.165, 1.54) is 5.56 Å². The molecule has 1 aliphatic heterocycles. The summed E-state index contributed by atoms with van der Waals surface area (Å²) in [5.41, 5.74) is 1.07. The van der Waals surface area contributed by atoms with Gasteiger partial charge in [-0.3, -0.25) is 4.90 Å². The van der Waals surface area contributed by atoms with Crippen molar-refractivity contribution in [1.82, 2.24) is 10.2 Å². The lowest BCUT2D eigenvalue weighted by atomic mass is 9.80. The van der Waals surface area contributed by atoms with Gasteiger partial charge in [0.05, 0.1) is 0 Å². The maximum absolute atomic E-state index is 9.82. The van der Waals surface area contributed by atoms with Crippen molar-refractivity contribution in [2.24, 2.45) is 5.41 Å². The molecule has 0 radical (unpaired) electrons. The minimum atomic E-state index is -0.176. The molecule has 1 aromatic carbocycles. The summed E-state index contributed by atoms with van der Waals surface area (Å²) in [6, 6.07) is 6.61. The van der Waals surface area contributed by atoms with Gasteiger partial charge in [0, 0.05) is 53.2 Å². The van der Waals surface area contributed by atoms with Crippen molar-refractivity contribution in [2.75, 3.05) is 32.8 Å². The molecule has 1 aliphatic rings. The van der Waals surface area contributed by atoms with E-state index in [2.05, 4.69) is 74.1 Å². The smallest absolute Gasteiger partial charge is 0.0500 e. The second-order valence-electron chi connectivity index (χ2n) is 6.01. The van der Waals surface area contributed by atoms with Crippen LogP contribution < -0.4 is 5.32 Å². The average molecular weight is 443 g/mol. The van der Waals surface area contributed by atoms with Crippen molar-refractivity contribution in [2.45, 2.75) is 19.9 Å². The van der Waals surface area contributed by atoms with E-state index in [0.29, 0.717) is 0 Å². The summed E-state index contributed by atoms with van der Waals surface area (Å²) in [6.45, 7) is 8.50. The van der Waals surface area contributed by atoms with Crippen molar-refractivity contribution in [1.29, 1.82) is 0 Å². The molecule has 0 saturated carbocycles. The van der Waals surface area contributed by atoms with E-state index in [4.69, 9.17) is 0 Å². The molecule has 0 aliphatic carbocycles. The lowest BCUT2D eigenvalue weighted by molar-refractivity contribution is 0.0305. The van der Waals surface area contributed by atoms with Crippen molar-refractivity contribution in [3.63, 3.8) is 0 Å². The second kappa shape index (κ2) is 8.27. The van der Waals surface area contributed by atoms with Gasteiger partial charge >= 0.3 is 0 Å². The number of rotatable bonds is 4. The van der Waals surface area contributed by atoms with Crippen LogP contribution in [-0.4, -0.2) is 42.8 Å². The fourth-order valence-electron chi connectivity index (χ4n) is 2.87. The maximum Gasteiger partial charge on any atom is 0.0500 e. The topological polar surface area (TPSA) is 35.5 Å².